The average molecular weight is 426 g/mol. The van der Waals surface area contributed by atoms with E-state index in [1.165, 1.54) is 0 Å². The summed E-state index contributed by atoms with van der Waals surface area (Å²) in [5.74, 6) is -1.20. The quantitative estimate of drug-likeness (QED) is 0.651. The monoisotopic (exact) mass is 425 g/mol. The third kappa shape index (κ3) is 6.48. The maximum absolute atomic E-state index is 12.7. The van der Waals surface area contributed by atoms with E-state index in [4.69, 9.17) is 4.52 Å². The minimum Gasteiger partial charge on any atom is -0.338 e. The number of carbonyl (C=O) groups excluding carboxylic acids is 1. The summed E-state index contributed by atoms with van der Waals surface area (Å²) in [5.41, 5.74) is 0.416. The highest BCUT2D eigenvalue weighted by atomic mass is 32.2. The first-order chi connectivity index (χ1) is 13.9. The van der Waals surface area contributed by atoms with Gasteiger partial charge in [0, 0.05) is 37.0 Å². The number of nitrogens with one attached hydrogen (secondary N) is 1. The van der Waals surface area contributed by atoms with Gasteiger partial charge in [-0.05, 0) is 12.1 Å². The van der Waals surface area contributed by atoms with Gasteiger partial charge in [0.1, 0.15) is 0 Å². The summed E-state index contributed by atoms with van der Waals surface area (Å²) in [7, 11) is 0. The number of rotatable bonds is 8. The van der Waals surface area contributed by atoms with Crippen molar-refractivity contribution in [2.24, 2.45) is 0 Å². The zero-order chi connectivity index (χ0) is 20.8. The van der Waals surface area contributed by atoms with Gasteiger partial charge in [-0.1, -0.05) is 42.9 Å². The lowest BCUT2D eigenvalue weighted by atomic mass is 10.2. The second-order valence-corrected chi connectivity index (χ2v) is 8.21. The predicted octanol–water partition coefficient (Wildman–Crippen LogP) is 3.26. The van der Waals surface area contributed by atoms with Crippen molar-refractivity contribution in [3.8, 4) is 0 Å². The van der Waals surface area contributed by atoms with E-state index in [2.05, 4.69) is 20.4 Å². The standard InChI is InChI=1S/C19H25F2N5O2S/c1-13(2)18-23-17(28-24-18)12-26-9-7-25(8-10-26)11-16(27)22-14-5-3-4-6-15(14)29-19(20)21/h3-6,13,19H,7-12H2,1-2H3,(H,22,27). The van der Waals surface area contributed by atoms with Crippen LogP contribution in [-0.2, 0) is 11.3 Å². The summed E-state index contributed by atoms with van der Waals surface area (Å²) in [6, 6.07) is 6.60. The highest BCUT2D eigenvalue weighted by Gasteiger charge is 2.21. The van der Waals surface area contributed by atoms with Gasteiger partial charge < -0.3 is 9.84 Å². The highest BCUT2D eigenvalue weighted by Crippen LogP contribution is 2.31. The SMILES string of the molecule is CC(C)c1noc(CN2CCN(CC(=O)Nc3ccccc3SC(F)F)CC2)n1. The van der Waals surface area contributed by atoms with Crippen molar-refractivity contribution < 1.29 is 18.1 Å². The summed E-state index contributed by atoms with van der Waals surface area (Å²) >= 11 is 0.429. The van der Waals surface area contributed by atoms with Gasteiger partial charge in [0.05, 0.1) is 18.8 Å². The molecule has 2 heterocycles. The molecule has 1 aromatic heterocycles. The van der Waals surface area contributed by atoms with E-state index in [-0.39, 0.29) is 18.4 Å². The number of hydrogen-bond donors (Lipinski definition) is 1. The van der Waals surface area contributed by atoms with E-state index in [1.807, 2.05) is 18.7 Å². The number of anilines is 1. The molecule has 10 heteroatoms. The molecule has 1 aromatic carbocycles. The molecule has 3 rings (SSSR count). The maximum Gasteiger partial charge on any atom is 0.288 e. The minimum absolute atomic E-state index is 0.209. The average Bonchev–Trinajstić information content (AvgIpc) is 3.13. The van der Waals surface area contributed by atoms with Crippen LogP contribution in [0.5, 0.6) is 0 Å². The van der Waals surface area contributed by atoms with Gasteiger partial charge in [0.15, 0.2) is 5.82 Å². The van der Waals surface area contributed by atoms with Gasteiger partial charge in [0.2, 0.25) is 11.8 Å². The smallest absolute Gasteiger partial charge is 0.288 e. The van der Waals surface area contributed by atoms with Gasteiger partial charge in [-0.3, -0.25) is 14.6 Å². The summed E-state index contributed by atoms with van der Waals surface area (Å²) in [6.07, 6.45) is 0. The Labute approximate surface area is 172 Å². The van der Waals surface area contributed by atoms with Gasteiger partial charge in [0.25, 0.3) is 5.76 Å². The molecule has 158 valence electrons. The zero-order valence-corrected chi connectivity index (χ0v) is 17.3. The lowest BCUT2D eigenvalue weighted by Gasteiger charge is -2.33. The zero-order valence-electron chi connectivity index (χ0n) is 16.5. The molecule has 0 atom stereocenters. The van der Waals surface area contributed by atoms with Gasteiger partial charge in [-0.2, -0.15) is 13.8 Å². The second kappa shape index (κ2) is 10.1. The van der Waals surface area contributed by atoms with Gasteiger partial charge in [-0.25, -0.2) is 0 Å². The normalized spacial score (nSPS) is 15.9. The molecule has 1 aliphatic heterocycles. The molecule has 1 fully saturated rings. The van der Waals surface area contributed by atoms with Crippen molar-refractivity contribution in [1.82, 2.24) is 19.9 Å². The number of amides is 1. The van der Waals surface area contributed by atoms with E-state index in [1.54, 1.807) is 24.3 Å². The summed E-state index contributed by atoms with van der Waals surface area (Å²) in [4.78, 5) is 21.4. The molecule has 0 saturated carbocycles. The molecule has 0 unspecified atom stereocenters. The molecule has 1 aliphatic rings. The first-order valence-corrected chi connectivity index (χ1v) is 10.4. The Bertz CT molecular complexity index is 809. The number of carbonyl (C=O) groups is 1. The van der Waals surface area contributed by atoms with Crippen LogP contribution in [0.25, 0.3) is 0 Å². The van der Waals surface area contributed by atoms with Crippen LogP contribution in [0.15, 0.2) is 33.7 Å². The lowest BCUT2D eigenvalue weighted by Crippen LogP contribution is -2.48. The minimum atomic E-state index is -2.53. The van der Waals surface area contributed by atoms with Crippen molar-refractivity contribution in [3.05, 3.63) is 36.0 Å². The van der Waals surface area contributed by atoms with E-state index in [9.17, 15) is 13.6 Å². The van der Waals surface area contributed by atoms with Crippen LogP contribution in [0.2, 0.25) is 0 Å². The number of nitrogens with zero attached hydrogens (tertiary/aromatic N) is 4. The summed E-state index contributed by atoms with van der Waals surface area (Å²) < 4.78 is 30.6. The molecule has 29 heavy (non-hydrogen) atoms. The Morgan fingerprint density at radius 1 is 1.21 bits per heavy atom. The molecule has 1 N–H and O–H groups in total. The number of hydrogen-bond acceptors (Lipinski definition) is 7. The second-order valence-electron chi connectivity index (χ2n) is 7.18. The van der Waals surface area contributed by atoms with Crippen molar-refractivity contribution in [1.29, 1.82) is 0 Å². The number of benzene rings is 1. The molecular formula is C19H25F2N5O2S. The molecule has 7 nitrogen and oxygen atoms in total. The van der Waals surface area contributed by atoms with Crippen LogP contribution in [0.3, 0.4) is 0 Å². The topological polar surface area (TPSA) is 74.5 Å². The summed E-state index contributed by atoms with van der Waals surface area (Å²) in [5, 5.41) is 6.72. The lowest BCUT2D eigenvalue weighted by molar-refractivity contribution is -0.117. The van der Waals surface area contributed by atoms with E-state index in [0.717, 1.165) is 26.2 Å². The fraction of sp³-hybridized carbons (Fsp3) is 0.526. The Morgan fingerprint density at radius 3 is 2.55 bits per heavy atom. The largest absolute Gasteiger partial charge is 0.338 e. The molecule has 1 amide bonds. The van der Waals surface area contributed by atoms with Crippen LogP contribution in [-0.4, -0.2) is 64.3 Å². The number of halogens is 2. The van der Waals surface area contributed by atoms with Crippen LogP contribution in [0.4, 0.5) is 14.5 Å². The number of thioether (sulfide) groups is 1. The van der Waals surface area contributed by atoms with Gasteiger partial charge >= 0.3 is 0 Å². The van der Waals surface area contributed by atoms with E-state index >= 15 is 0 Å². The Balaban J connectivity index is 1.45. The van der Waals surface area contributed by atoms with Crippen LogP contribution in [0.1, 0.15) is 31.5 Å². The maximum atomic E-state index is 12.7. The number of aromatic nitrogens is 2. The Hall–Kier alpha value is -2.04. The predicted molar refractivity (Wildman–Crippen MR) is 107 cm³/mol. The molecule has 0 spiro atoms. The van der Waals surface area contributed by atoms with Crippen LogP contribution in [0, 0.1) is 0 Å². The molecule has 0 bridgehead atoms. The molecule has 1 saturated heterocycles. The van der Waals surface area contributed by atoms with E-state index in [0.29, 0.717) is 40.6 Å². The fourth-order valence-corrected chi connectivity index (χ4v) is 3.62. The highest BCUT2D eigenvalue weighted by molar-refractivity contribution is 7.99. The van der Waals surface area contributed by atoms with Crippen molar-refractivity contribution in [2.75, 3.05) is 38.0 Å². The fourth-order valence-electron chi connectivity index (χ4n) is 3.03. The molecule has 0 aliphatic carbocycles. The van der Waals surface area contributed by atoms with Crippen LogP contribution >= 0.6 is 11.8 Å². The first-order valence-electron chi connectivity index (χ1n) is 9.51. The number of para-hydroxylation sites is 1. The summed E-state index contributed by atoms with van der Waals surface area (Å²) in [6.45, 7) is 7.87. The van der Waals surface area contributed by atoms with Gasteiger partial charge in [-0.15, -0.1) is 0 Å². The number of alkyl halides is 2. The Kier molecular flexibility index (Phi) is 7.57. The third-order valence-corrected chi connectivity index (χ3v) is 5.36. The van der Waals surface area contributed by atoms with Crippen molar-refractivity contribution in [3.63, 3.8) is 0 Å². The van der Waals surface area contributed by atoms with Crippen LogP contribution < -0.4 is 5.32 Å². The number of piperazine rings is 1. The molecule has 2 aromatic rings. The Morgan fingerprint density at radius 2 is 1.90 bits per heavy atom. The molecular weight excluding hydrogens is 400 g/mol. The third-order valence-electron chi connectivity index (χ3n) is 4.57. The first kappa shape index (κ1) is 21.7. The van der Waals surface area contributed by atoms with E-state index < -0.39 is 5.76 Å². The molecule has 0 radical (unpaired) electrons. The van der Waals surface area contributed by atoms with Crippen molar-refractivity contribution in [2.45, 2.75) is 37.0 Å². The van der Waals surface area contributed by atoms with Crippen molar-refractivity contribution >= 4 is 23.4 Å².